The van der Waals surface area contributed by atoms with E-state index in [9.17, 15) is 4.79 Å². The van der Waals surface area contributed by atoms with E-state index in [-0.39, 0.29) is 12.1 Å². The summed E-state index contributed by atoms with van der Waals surface area (Å²) >= 11 is 0. The quantitative estimate of drug-likeness (QED) is 0.540. The number of aromatic amines is 1. The first-order chi connectivity index (χ1) is 13.8. The topological polar surface area (TPSA) is 92.8 Å². The number of fused-ring (bicyclic) bond motifs is 2. The number of tetrazole rings is 1. The van der Waals surface area contributed by atoms with Gasteiger partial charge in [0.15, 0.2) is 0 Å². The molecule has 4 rings (SSSR count). The zero-order chi connectivity index (χ0) is 19.2. The molecule has 2 aliphatic rings. The highest BCUT2D eigenvalue weighted by atomic mass is 16.5. The smallest absolute Gasteiger partial charge is 0.407 e. The molecule has 0 saturated heterocycles. The van der Waals surface area contributed by atoms with Gasteiger partial charge in [0.25, 0.3) is 0 Å². The third-order valence-electron chi connectivity index (χ3n) is 6.01. The first-order valence-electron chi connectivity index (χ1n) is 10.2. The molecule has 0 spiro atoms. The normalized spacial score (nSPS) is 26.0. The van der Waals surface area contributed by atoms with Crippen molar-refractivity contribution in [2.45, 2.75) is 51.2 Å². The fourth-order valence-corrected chi connectivity index (χ4v) is 4.65. The largest absolute Gasteiger partial charge is 0.445 e. The van der Waals surface area contributed by atoms with E-state index in [1.54, 1.807) is 0 Å². The highest BCUT2D eigenvalue weighted by Gasteiger charge is 2.47. The first-order valence-corrected chi connectivity index (χ1v) is 10.2. The third-order valence-corrected chi connectivity index (χ3v) is 6.01. The van der Waals surface area contributed by atoms with E-state index in [4.69, 9.17) is 4.74 Å². The lowest BCUT2D eigenvalue weighted by Gasteiger charge is -2.29. The van der Waals surface area contributed by atoms with Crippen LogP contribution in [-0.2, 0) is 17.8 Å². The number of aryl methyl sites for hydroxylation is 1. The fourth-order valence-electron chi connectivity index (χ4n) is 4.65. The fraction of sp³-hybridized carbons (Fsp3) is 0.524. The van der Waals surface area contributed by atoms with Crippen LogP contribution in [0.3, 0.4) is 0 Å². The van der Waals surface area contributed by atoms with Crippen LogP contribution in [0.4, 0.5) is 4.79 Å². The lowest BCUT2D eigenvalue weighted by atomic mass is 9.84. The number of allylic oxidation sites excluding steroid dienone is 1. The van der Waals surface area contributed by atoms with Gasteiger partial charge in [-0.1, -0.05) is 42.5 Å². The number of hydrogen-bond acceptors (Lipinski definition) is 5. The van der Waals surface area contributed by atoms with Gasteiger partial charge in [0.1, 0.15) is 12.4 Å². The van der Waals surface area contributed by atoms with Crippen LogP contribution in [0.2, 0.25) is 0 Å². The van der Waals surface area contributed by atoms with Gasteiger partial charge in [0.2, 0.25) is 0 Å². The lowest BCUT2D eigenvalue weighted by molar-refractivity contribution is 0.128. The number of aromatic nitrogens is 4. The van der Waals surface area contributed by atoms with Crippen molar-refractivity contribution in [3.05, 3.63) is 53.9 Å². The van der Waals surface area contributed by atoms with Gasteiger partial charge < -0.3 is 10.1 Å². The Labute approximate surface area is 164 Å². The summed E-state index contributed by atoms with van der Waals surface area (Å²) in [6, 6.07) is 9.98. The van der Waals surface area contributed by atoms with Crippen LogP contribution in [0.15, 0.2) is 42.5 Å². The molecule has 0 radical (unpaired) electrons. The summed E-state index contributed by atoms with van der Waals surface area (Å²) in [6.07, 6.45) is 10.8. The molecule has 0 aliphatic heterocycles. The molecule has 1 aromatic carbocycles. The molecule has 2 aliphatic carbocycles. The Morgan fingerprint density at radius 1 is 1.25 bits per heavy atom. The van der Waals surface area contributed by atoms with Gasteiger partial charge in [-0.25, -0.2) is 9.89 Å². The molecule has 28 heavy (non-hydrogen) atoms. The Balaban J connectivity index is 1.25. The maximum Gasteiger partial charge on any atom is 0.407 e. The molecule has 4 atom stereocenters. The van der Waals surface area contributed by atoms with Gasteiger partial charge in [-0.05, 0) is 59.9 Å². The summed E-state index contributed by atoms with van der Waals surface area (Å²) in [7, 11) is 0. The van der Waals surface area contributed by atoms with Gasteiger partial charge in [-0.2, -0.15) is 0 Å². The van der Waals surface area contributed by atoms with Gasteiger partial charge >= 0.3 is 6.09 Å². The number of nitrogens with one attached hydrogen (secondary N) is 2. The van der Waals surface area contributed by atoms with Crippen molar-refractivity contribution in [2.75, 3.05) is 0 Å². The number of hydrogen-bond donors (Lipinski definition) is 2. The number of benzene rings is 1. The number of alkyl carbamates (subject to hydrolysis) is 1. The van der Waals surface area contributed by atoms with Crippen molar-refractivity contribution in [1.29, 1.82) is 0 Å². The minimum absolute atomic E-state index is 0.191. The molecule has 7 nitrogen and oxygen atoms in total. The molecule has 1 aromatic heterocycles. The zero-order valence-corrected chi connectivity index (χ0v) is 16.0. The number of H-pyrrole nitrogens is 1. The number of ether oxygens (including phenoxy) is 1. The molecule has 1 amide bonds. The summed E-state index contributed by atoms with van der Waals surface area (Å²) in [4.78, 5) is 12.3. The minimum Gasteiger partial charge on any atom is -0.445 e. The van der Waals surface area contributed by atoms with Gasteiger partial charge in [-0.3, -0.25) is 0 Å². The third kappa shape index (κ3) is 4.58. The van der Waals surface area contributed by atoms with E-state index >= 15 is 0 Å². The molecule has 2 bridgehead atoms. The van der Waals surface area contributed by atoms with E-state index in [2.05, 4.69) is 38.1 Å². The van der Waals surface area contributed by atoms with E-state index < -0.39 is 0 Å². The van der Waals surface area contributed by atoms with Crippen molar-refractivity contribution in [3.63, 3.8) is 0 Å². The average molecular weight is 381 g/mol. The number of carbonyl (C=O) groups excluding carboxylic acids is 1. The maximum atomic E-state index is 12.3. The molecular weight excluding hydrogens is 354 g/mol. The summed E-state index contributed by atoms with van der Waals surface area (Å²) in [6.45, 7) is 0.310. The van der Waals surface area contributed by atoms with Crippen LogP contribution < -0.4 is 5.32 Å². The monoisotopic (exact) mass is 381 g/mol. The van der Waals surface area contributed by atoms with E-state index in [1.807, 2.05) is 30.3 Å². The Hall–Kier alpha value is -2.70. The van der Waals surface area contributed by atoms with Crippen molar-refractivity contribution in [3.8, 4) is 0 Å². The molecule has 2 fully saturated rings. The van der Waals surface area contributed by atoms with Crippen LogP contribution in [0.5, 0.6) is 0 Å². The Kier molecular flexibility index (Phi) is 5.99. The Morgan fingerprint density at radius 2 is 2.11 bits per heavy atom. The predicted octanol–water partition coefficient (Wildman–Crippen LogP) is 3.42. The summed E-state index contributed by atoms with van der Waals surface area (Å²) in [5.41, 5.74) is 1.00. The van der Waals surface area contributed by atoms with Crippen LogP contribution >= 0.6 is 0 Å². The lowest BCUT2D eigenvalue weighted by Crippen LogP contribution is -2.43. The van der Waals surface area contributed by atoms with Gasteiger partial charge in [0, 0.05) is 18.4 Å². The van der Waals surface area contributed by atoms with E-state index in [0.29, 0.717) is 24.4 Å². The number of nitrogens with zero attached hydrogens (tertiary/aromatic N) is 3. The number of unbranched alkanes of at least 4 members (excludes halogenated alkanes) is 1. The molecule has 2 aromatic rings. The molecular formula is C21H27N5O2. The first kappa shape index (κ1) is 18.7. The van der Waals surface area contributed by atoms with Crippen molar-refractivity contribution < 1.29 is 9.53 Å². The summed E-state index contributed by atoms with van der Waals surface area (Å²) < 4.78 is 5.43. The molecule has 7 heteroatoms. The minimum atomic E-state index is -0.308. The average Bonchev–Trinajstić information content (AvgIpc) is 3.46. The Morgan fingerprint density at radius 3 is 2.93 bits per heavy atom. The van der Waals surface area contributed by atoms with Crippen LogP contribution in [0, 0.1) is 17.8 Å². The van der Waals surface area contributed by atoms with E-state index in [1.165, 1.54) is 19.3 Å². The number of carbonyl (C=O) groups is 1. The SMILES string of the molecule is O=C(N[C@H]1[C@H]2CC[C@H](C2)[C@@H]1/C=C\CCCc1nnn[nH]1)OCc1ccccc1. The number of rotatable bonds is 8. The second kappa shape index (κ2) is 8.99. The molecule has 148 valence electrons. The molecule has 2 saturated carbocycles. The molecule has 1 heterocycles. The molecule has 2 N–H and O–H groups in total. The number of amides is 1. The van der Waals surface area contributed by atoms with Crippen molar-refractivity contribution in [2.24, 2.45) is 17.8 Å². The van der Waals surface area contributed by atoms with Gasteiger partial charge in [-0.15, -0.1) is 5.10 Å². The van der Waals surface area contributed by atoms with Crippen LogP contribution in [0.25, 0.3) is 0 Å². The van der Waals surface area contributed by atoms with Crippen molar-refractivity contribution in [1.82, 2.24) is 25.9 Å². The highest BCUT2D eigenvalue weighted by Crippen LogP contribution is 2.49. The second-order valence-corrected chi connectivity index (χ2v) is 7.81. The van der Waals surface area contributed by atoms with Crippen molar-refractivity contribution >= 4 is 6.09 Å². The molecule has 0 unspecified atom stereocenters. The summed E-state index contributed by atoms with van der Waals surface area (Å²) in [5.74, 6) is 2.49. The zero-order valence-electron chi connectivity index (χ0n) is 16.0. The highest BCUT2D eigenvalue weighted by molar-refractivity contribution is 5.68. The Bertz CT molecular complexity index is 777. The predicted molar refractivity (Wildman–Crippen MR) is 104 cm³/mol. The van der Waals surface area contributed by atoms with Crippen LogP contribution in [0.1, 0.15) is 43.5 Å². The van der Waals surface area contributed by atoms with E-state index in [0.717, 1.165) is 30.7 Å². The maximum absolute atomic E-state index is 12.3. The second-order valence-electron chi connectivity index (χ2n) is 7.81. The van der Waals surface area contributed by atoms with Crippen LogP contribution in [-0.4, -0.2) is 32.8 Å². The van der Waals surface area contributed by atoms with Gasteiger partial charge in [0.05, 0.1) is 0 Å². The summed E-state index contributed by atoms with van der Waals surface area (Å²) in [5, 5.41) is 17.0. The standard InChI is InChI=1S/C21H27N5O2/c27-21(28-14-15-7-3-1-4-8-15)22-20-17-12-11-16(13-17)18(20)9-5-2-6-10-19-23-25-26-24-19/h1,3-5,7-9,16-18,20H,2,6,10-14H2,(H,22,27)(H,23,24,25,26)/b9-5-/t16-,17+,18+,20+/m1/s1.